The molecule has 0 aliphatic heterocycles. The van der Waals surface area contributed by atoms with Crippen molar-refractivity contribution in [1.29, 1.82) is 0 Å². The van der Waals surface area contributed by atoms with Crippen LogP contribution in [0.4, 0.5) is 0 Å². The summed E-state index contributed by atoms with van der Waals surface area (Å²) in [7, 11) is 0. The van der Waals surface area contributed by atoms with Crippen molar-refractivity contribution >= 4 is 23.6 Å². The van der Waals surface area contributed by atoms with Gasteiger partial charge >= 0.3 is 5.97 Å². The second-order valence-corrected chi connectivity index (χ2v) is 4.95. The smallest absolute Gasteiger partial charge is 0.305 e. The van der Waals surface area contributed by atoms with Gasteiger partial charge in [-0.3, -0.25) is 9.59 Å². The lowest BCUT2D eigenvalue weighted by atomic mass is 9.85. The number of amides is 1. The van der Waals surface area contributed by atoms with Crippen molar-refractivity contribution in [1.82, 2.24) is 14.1 Å². The fourth-order valence-corrected chi connectivity index (χ4v) is 1.71. The average molecular weight is 257 g/mol. The number of hydrogen-bond donors (Lipinski definition) is 2. The normalized spacial score (nSPS) is 14.4. The average Bonchev–Trinajstić information content (AvgIpc) is 2.68. The fourth-order valence-electron chi connectivity index (χ4n) is 1.29. The number of nitrogens with one attached hydrogen (secondary N) is 1. The summed E-state index contributed by atoms with van der Waals surface area (Å²) < 4.78 is 7.54. The van der Waals surface area contributed by atoms with Gasteiger partial charge in [0.15, 0.2) is 5.69 Å². The highest BCUT2D eigenvalue weighted by Crippen LogP contribution is 2.21. The summed E-state index contributed by atoms with van der Waals surface area (Å²) in [6.45, 7) is 5.44. The quantitative estimate of drug-likeness (QED) is 0.825. The molecular formula is C10H15N3O3S. The number of carbonyl (C=O) groups excluding carboxylic acids is 1. The summed E-state index contributed by atoms with van der Waals surface area (Å²) in [4.78, 5) is 22.6. The molecule has 0 spiro atoms. The Kier molecular flexibility index (Phi) is 4.17. The number of aromatic nitrogens is 2. The molecule has 1 unspecified atom stereocenters. The molecule has 0 saturated carbocycles. The number of hydrogen-bond acceptors (Lipinski definition) is 5. The number of carboxylic acids is 1. The lowest BCUT2D eigenvalue weighted by molar-refractivity contribution is -0.138. The van der Waals surface area contributed by atoms with Gasteiger partial charge in [-0.15, -0.1) is 0 Å². The van der Waals surface area contributed by atoms with Crippen LogP contribution in [0.3, 0.4) is 0 Å². The Morgan fingerprint density at radius 3 is 2.65 bits per heavy atom. The minimum absolute atomic E-state index is 0.00542. The van der Waals surface area contributed by atoms with E-state index < -0.39 is 17.4 Å². The maximum atomic E-state index is 11.8. The third-order valence-corrected chi connectivity index (χ3v) is 3.26. The van der Waals surface area contributed by atoms with E-state index in [1.807, 2.05) is 13.8 Å². The molecule has 2 N–H and O–H groups in total. The van der Waals surface area contributed by atoms with Crippen molar-refractivity contribution in [2.24, 2.45) is 5.92 Å². The van der Waals surface area contributed by atoms with Crippen molar-refractivity contribution < 1.29 is 14.7 Å². The first-order valence-electron chi connectivity index (χ1n) is 5.17. The molecule has 1 rings (SSSR count). The Balaban J connectivity index is 2.80. The van der Waals surface area contributed by atoms with E-state index in [0.29, 0.717) is 0 Å². The fraction of sp³-hybridized carbons (Fsp3) is 0.600. The van der Waals surface area contributed by atoms with Crippen molar-refractivity contribution in [3.8, 4) is 0 Å². The van der Waals surface area contributed by atoms with Gasteiger partial charge in [0.25, 0.3) is 5.91 Å². The third kappa shape index (κ3) is 3.48. The predicted octanol–water partition coefficient (Wildman–Crippen LogP) is 1.16. The molecule has 0 saturated heterocycles. The standard InChI is InChI=1S/C10H15N3O3S/c1-6(2)10(3,4-8(14)15)12-9(16)7-5-11-17-13-7/h5-6H,4H2,1-3H3,(H,12,16)(H,14,15). The summed E-state index contributed by atoms with van der Waals surface area (Å²) in [5, 5.41) is 11.6. The van der Waals surface area contributed by atoms with E-state index in [1.54, 1.807) is 6.92 Å². The second-order valence-electron chi connectivity index (χ2n) is 4.39. The molecule has 6 nitrogen and oxygen atoms in total. The Morgan fingerprint density at radius 1 is 1.59 bits per heavy atom. The number of carboxylic acid groups (broad SMARTS) is 1. The number of aliphatic carboxylic acids is 1. The van der Waals surface area contributed by atoms with Crippen molar-refractivity contribution in [3.63, 3.8) is 0 Å². The van der Waals surface area contributed by atoms with Gasteiger partial charge < -0.3 is 10.4 Å². The van der Waals surface area contributed by atoms with Crippen molar-refractivity contribution in [3.05, 3.63) is 11.9 Å². The van der Waals surface area contributed by atoms with Crippen molar-refractivity contribution in [2.75, 3.05) is 0 Å². The maximum absolute atomic E-state index is 11.8. The predicted molar refractivity (Wildman–Crippen MR) is 62.9 cm³/mol. The van der Waals surface area contributed by atoms with Crippen LogP contribution in [0.1, 0.15) is 37.7 Å². The molecule has 1 aromatic rings. The molecule has 0 aliphatic rings. The van der Waals surface area contributed by atoms with Crippen LogP contribution in [0, 0.1) is 5.92 Å². The molecule has 0 fully saturated rings. The number of carbonyl (C=O) groups is 2. The molecule has 0 bridgehead atoms. The first-order valence-corrected chi connectivity index (χ1v) is 5.90. The van der Waals surface area contributed by atoms with Crippen LogP contribution in [0.25, 0.3) is 0 Å². The SMILES string of the molecule is CC(C)C(C)(CC(=O)O)NC(=O)c1cnsn1. The topological polar surface area (TPSA) is 92.2 Å². The zero-order valence-corrected chi connectivity index (χ0v) is 10.7. The van der Waals surface area contributed by atoms with Crippen LogP contribution in [0.15, 0.2) is 6.20 Å². The minimum Gasteiger partial charge on any atom is -0.481 e. The highest BCUT2D eigenvalue weighted by atomic mass is 32.1. The van der Waals surface area contributed by atoms with Gasteiger partial charge in [-0.05, 0) is 12.8 Å². The first-order chi connectivity index (χ1) is 7.85. The monoisotopic (exact) mass is 257 g/mol. The molecule has 1 aromatic heterocycles. The van der Waals surface area contributed by atoms with E-state index in [2.05, 4.69) is 14.1 Å². The van der Waals surface area contributed by atoms with Crippen LogP contribution < -0.4 is 5.32 Å². The molecule has 1 atom stereocenters. The highest BCUT2D eigenvalue weighted by molar-refractivity contribution is 6.99. The Hall–Kier alpha value is -1.50. The van der Waals surface area contributed by atoms with E-state index in [4.69, 9.17) is 5.11 Å². The molecule has 94 valence electrons. The maximum Gasteiger partial charge on any atom is 0.305 e. The van der Waals surface area contributed by atoms with Gasteiger partial charge in [-0.25, -0.2) is 0 Å². The van der Waals surface area contributed by atoms with Gasteiger partial charge in [0.05, 0.1) is 29.9 Å². The van der Waals surface area contributed by atoms with Crippen LogP contribution in [0.2, 0.25) is 0 Å². The number of nitrogens with zero attached hydrogens (tertiary/aromatic N) is 2. The molecule has 17 heavy (non-hydrogen) atoms. The van der Waals surface area contributed by atoms with Crippen LogP contribution in [-0.2, 0) is 4.79 Å². The molecule has 7 heteroatoms. The van der Waals surface area contributed by atoms with Gasteiger partial charge in [0.2, 0.25) is 0 Å². The zero-order valence-electron chi connectivity index (χ0n) is 9.93. The van der Waals surface area contributed by atoms with Crippen LogP contribution in [-0.4, -0.2) is 31.3 Å². The second kappa shape index (κ2) is 5.22. The highest BCUT2D eigenvalue weighted by Gasteiger charge is 2.33. The minimum atomic E-state index is -0.946. The summed E-state index contributed by atoms with van der Waals surface area (Å²) in [6.07, 6.45) is 1.23. The lowest BCUT2D eigenvalue weighted by Crippen LogP contribution is -2.51. The molecule has 0 radical (unpaired) electrons. The van der Waals surface area contributed by atoms with Gasteiger partial charge in [0, 0.05) is 0 Å². The van der Waals surface area contributed by atoms with E-state index >= 15 is 0 Å². The Morgan fingerprint density at radius 2 is 2.24 bits per heavy atom. The lowest BCUT2D eigenvalue weighted by Gasteiger charge is -2.33. The van der Waals surface area contributed by atoms with Gasteiger partial charge in [0.1, 0.15) is 0 Å². The van der Waals surface area contributed by atoms with Gasteiger partial charge in [-0.1, -0.05) is 13.8 Å². The molecule has 0 aromatic carbocycles. The summed E-state index contributed by atoms with van der Waals surface area (Å²) in [5.41, 5.74) is -0.584. The van der Waals surface area contributed by atoms with E-state index in [9.17, 15) is 9.59 Å². The summed E-state index contributed by atoms with van der Waals surface area (Å²) in [6, 6.07) is 0. The van der Waals surface area contributed by atoms with Crippen molar-refractivity contribution in [2.45, 2.75) is 32.7 Å². The Labute approximate surface area is 103 Å². The molecular weight excluding hydrogens is 242 g/mol. The molecule has 1 amide bonds. The molecule has 0 aliphatic carbocycles. The summed E-state index contributed by atoms with van der Waals surface area (Å²) >= 11 is 0.939. The number of rotatable bonds is 5. The van der Waals surface area contributed by atoms with Crippen LogP contribution in [0.5, 0.6) is 0 Å². The van der Waals surface area contributed by atoms with Crippen LogP contribution >= 0.6 is 11.7 Å². The molecule has 1 heterocycles. The zero-order chi connectivity index (χ0) is 13.1. The van der Waals surface area contributed by atoms with E-state index in [0.717, 1.165) is 11.7 Å². The third-order valence-electron chi connectivity index (χ3n) is 2.79. The van der Waals surface area contributed by atoms with E-state index in [1.165, 1.54) is 6.20 Å². The van der Waals surface area contributed by atoms with E-state index in [-0.39, 0.29) is 18.0 Å². The Bertz CT molecular complexity index is 405. The van der Waals surface area contributed by atoms with Gasteiger partial charge in [-0.2, -0.15) is 8.75 Å². The first kappa shape index (κ1) is 13.6. The largest absolute Gasteiger partial charge is 0.481 e. The summed E-state index contributed by atoms with van der Waals surface area (Å²) in [5.74, 6) is -1.34.